The van der Waals surface area contributed by atoms with Crippen molar-refractivity contribution in [2.24, 2.45) is 28.6 Å². The van der Waals surface area contributed by atoms with Gasteiger partial charge >= 0.3 is 0 Å². The zero-order valence-electron chi connectivity index (χ0n) is 21.9. The van der Waals surface area contributed by atoms with Gasteiger partial charge in [-0.1, -0.05) is 68.0 Å². The summed E-state index contributed by atoms with van der Waals surface area (Å²) in [5.41, 5.74) is -0.487. The highest BCUT2D eigenvalue weighted by atomic mass is 16.3. The number of carbonyl (C=O) groups excluding carboxylic acids is 2. The molecule has 0 heterocycles. The minimum atomic E-state index is -1.54. The minimum Gasteiger partial charge on any atom is -0.393 e. The average Bonchev–Trinajstić information content (AvgIpc) is 3.14. The quantitative estimate of drug-likeness (QED) is 0.553. The first kappa shape index (κ1) is 24.6. The number of allylic oxidation sites excluding steroid dienone is 4. The molecule has 0 radical (unpaired) electrons. The van der Waals surface area contributed by atoms with Crippen molar-refractivity contribution < 1.29 is 19.8 Å². The summed E-state index contributed by atoms with van der Waals surface area (Å²) in [4.78, 5) is 25.9. The summed E-state index contributed by atoms with van der Waals surface area (Å²) in [5, 5.41) is 29.0. The molecule has 0 bridgehead atoms. The molecule has 194 valence electrons. The zero-order chi connectivity index (χ0) is 26.2. The van der Waals surface area contributed by atoms with Crippen LogP contribution in [0, 0.1) is 28.6 Å². The fourth-order valence-corrected chi connectivity index (χ4v) is 8.73. The number of aliphatic hydroxyl groups excluding tert-OH is 1. The van der Waals surface area contributed by atoms with Crippen LogP contribution >= 0.6 is 0 Å². The Bertz CT molecular complexity index is 1340. The molecule has 0 spiro atoms. The highest BCUT2D eigenvalue weighted by molar-refractivity contribution is 6.01. The molecule has 3 fully saturated rings. The summed E-state index contributed by atoms with van der Waals surface area (Å²) in [6.07, 6.45) is 7.93. The predicted molar refractivity (Wildman–Crippen MR) is 143 cm³/mol. The lowest BCUT2D eigenvalue weighted by Gasteiger charge is -2.59. The van der Waals surface area contributed by atoms with E-state index in [1.54, 1.807) is 12.2 Å². The molecular formula is C32H37NO4. The molecule has 0 saturated heterocycles. The molecule has 4 aliphatic carbocycles. The van der Waals surface area contributed by atoms with E-state index in [9.17, 15) is 19.8 Å². The van der Waals surface area contributed by atoms with Crippen LogP contribution in [0.5, 0.6) is 0 Å². The summed E-state index contributed by atoms with van der Waals surface area (Å²) < 4.78 is 0. The smallest absolute Gasteiger partial charge is 0.253 e. The summed E-state index contributed by atoms with van der Waals surface area (Å²) in [7, 11) is 0. The molecule has 8 atom stereocenters. The van der Waals surface area contributed by atoms with Crippen molar-refractivity contribution >= 4 is 22.5 Å². The second-order valence-electron chi connectivity index (χ2n) is 12.4. The number of benzene rings is 2. The van der Waals surface area contributed by atoms with Crippen molar-refractivity contribution in [2.45, 2.75) is 70.6 Å². The molecular weight excluding hydrogens is 462 g/mol. The molecule has 2 aromatic rings. The van der Waals surface area contributed by atoms with Gasteiger partial charge in [-0.15, -0.1) is 0 Å². The SMILES string of the molecule is C[C@@H](NC(=O)[C@@]1(O)CCC2C3CCC4=CC(=O)C=CC4(C)C3C(O)CC21C)c1cccc2ccccc12. The number of amides is 1. The molecule has 6 rings (SSSR count). The second-order valence-corrected chi connectivity index (χ2v) is 12.4. The molecule has 5 heteroatoms. The molecule has 37 heavy (non-hydrogen) atoms. The van der Waals surface area contributed by atoms with Gasteiger partial charge in [0.05, 0.1) is 12.1 Å². The van der Waals surface area contributed by atoms with Gasteiger partial charge in [-0.3, -0.25) is 9.59 Å². The van der Waals surface area contributed by atoms with Crippen LogP contribution in [0.1, 0.15) is 64.5 Å². The Labute approximate surface area is 218 Å². The summed E-state index contributed by atoms with van der Waals surface area (Å²) in [5.74, 6) is -0.0161. The predicted octanol–water partition coefficient (Wildman–Crippen LogP) is 5.03. The Morgan fingerprint density at radius 1 is 1.11 bits per heavy atom. The Morgan fingerprint density at radius 2 is 1.86 bits per heavy atom. The Morgan fingerprint density at radius 3 is 2.68 bits per heavy atom. The van der Waals surface area contributed by atoms with Crippen LogP contribution < -0.4 is 5.32 Å². The van der Waals surface area contributed by atoms with Crippen LogP contribution in [0.2, 0.25) is 0 Å². The van der Waals surface area contributed by atoms with E-state index in [-0.39, 0.29) is 40.9 Å². The van der Waals surface area contributed by atoms with Crippen molar-refractivity contribution in [3.63, 3.8) is 0 Å². The molecule has 0 aliphatic heterocycles. The van der Waals surface area contributed by atoms with E-state index in [4.69, 9.17) is 0 Å². The van der Waals surface area contributed by atoms with Gasteiger partial charge < -0.3 is 15.5 Å². The van der Waals surface area contributed by atoms with Gasteiger partial charge in [0, 0.05) is 16.7 Å². The topological polar surface area (TPSA) is 86.6 Å². The Kier molecular flexibility index (Phi) is 5.56. The van der Waals surface area contributed by atoms with E-state index in [0.717, 1.165) is 41.2 Å². The number of ketones is 1. The van der Waals surface area contributed by atoms with Gasteiger partial charge in [0.2, 0.25) is 0 Å². The third-order valence-electron chi connectivity index (χ3n) is 10.7. The van der Waals surface area contributed by atoms with Crippen molar-refractivity contribution in [2.75, 3.05) is 0 Å². The number of fused-ring (bicyclic) bond motifs is 6. The van der Waals surface area contributed by atoms with E-state index in [0.29, 0.717) is 12.8 Å². The fraction of sp³-hybridized carbons (Fsp3) is 0.500. The van der Waals surface area contributed by atoms with E-state index >= 15 is 0 Å². The number of rotatable bonds is 3. The Balaban J connectivity index is 1.28. The number of nitrogens with one attached hydrogen (secondary N) is 1. The van der Waals surface area contributed by atoms with Crippen LogP contribution in [-0.2, 0) is 9.59 Å². The minimum absolute atomic E-state index is 0.0186. The average molecular weight is 500 g/mol. The third kappa shape index (κ3) is 3.43. The van der Waals surface area contributed by atoms with Gasteiger partial charge in [-0.05, 0) is 79.4 Å². The molecule has 3 N–H and O–H groups in total. The summed E-state index contributed by atoms with van der Waals surface area (Å²) >= 11 is 0. The number of aliphatic hydroxyl groups is 2. The second kappa shape index (κ2) is 8.37. The summed E-state index contributed by atoms with van der Waals surface area (Å²) in [6, 6.07) is 14.0. The summed E-state index contributed by atoms with van der Waals surface area (Å²) in [6.45, 7) is 6.13. The van der Waals surface area contributed by atoms with E-state index in [2.05, 4.69) is 30.4 Å². The number of hydrogen-bond donors (Lipinski definition) is 3. The molecule has 5 nitrogen and oxygen atoms in total. The third-order valence-corrected chi connectivity index (χ3v) is 10.7. The standard InChI is InChI=1S/C32H37NO4/c1-19(23-10-6-8-20-7-4-5-9-24(20)23)33-29(36)32(37)16-14-26-25-12-11-21-17-22(34)13-15-30(21,2)28(25)27(35)18-31(26,32)3/h4-10,13,15,17,19,25-28,35,37H,11-12,14,16,18H2,1-3H3,(H,33,36)/t19-,25?,26?,27?,28?,30?,31?,32+/m1/s1. The largest absolute Gasteiger partial charge is 0.393 e. The van der Waals surface area contributed by atoms with Crippen LogP contribution in [0.4, 0.5) is 0 Å². The normalized spacial score (nSPS) is 39.4. The number of carbonyl (C=O) groups is 2. The Hall–Kier alpha value is -2.76. The zero-order valence-corrected chi connectivity index (χ0v) is 21.9. The monoisotopic (exact) mass is 499 g/mol. The first-order chi connectivity index (χ1) is 17.6. The fourth-order valence-electron chi connectivity index (χ4n) is 8.73. The van der Waals surface area contributed by atoms with Crippen LogP contribution in [0.3, 0.4) is 0 Å². The van der Waals surface area contributed by atoms with E-state index in [1.165, 1.54) is 0 Å². The number of hydrogen-bond acceptors (Lipinski definition) is 4. The lowest BCUT2D eigenvalue weighted by Crippen LogP contribution is -2.63. The maximum absolute atomic E-state index is 13.8. The molecule has 3 saturated carbocycles. The highest BCUT2D eigenvalue weighted by Gasteiger charge is 2.68. The maximum Gasteiger partial charge on any atom is 0.253 e. The van der Waals surface area contributed by atoms with E-state index in [1.807, 2.05) is 44.2 Å². The van der Waals surface area contributed by atoms with Gasteiger partial charge in [0.1, 0.15) is 5.60 Å². The van der Waals surface area contributed by atoms with E-state index < -0.39 is 17.1 Å². The molecule has 1 amide bonds. The van der Waals surface area contributed by atoms with Crippen molar-refractivity contribution in [3.05, 3.63) is 71.8 Å². The van der Waals surface area contributed by atoms with Gasteiger partial charge in [0.15, 0.2) is 5.78 Å². The van der Waals surface area contributed by atoms with Gasteiger partial charge in [0.25, 0.3) is 5.91 Å². The van der Waals surface area contributed by atoms with Crippen LogP contribution in [0.15, 0.2) is 66.3 Å². The van der Waals surface area contributed by atoms with Crippen LogP contribution in [-0.4, -0.2) is 33.6 Å². The molecule has 6 unspecified atom stereocenters. The van der Waals surface area contributed by atoms with Crippen molar-refractivity contribution in [1.82, 2.24) is 5.32 Å². The first-order valence-corrected chi connectivity index (χ1v) is 13.7. The molecule has 2 aromatic carbocycles. The van der Waals surface area contributed by atoms with Crippen molar-refractivity contribution in [3.8, 4) is 0 Å². The first-order valence-electron chi connectivity index (χ1n) is 13.7. The van der Waals surface area contributed by atoms with Crippen molar-refractivity contribution in [1.29, 1.82) is 0 Å². The van der Waals surface area contributed by atoms with Crippen LogP contribution in [0.25, 0.3) is 10.8 Å². The molecule has 4 aliphatic rings. The lowest BCUT2D eigenvalue weighted by molar-refractivity contribution is -0.178. The maximum atomic E-state index is 13.8. The van der Waals surface area contributed by atoms with Gasteiger partial charge in [-0.2, -0.15) is 0 Å². The lowest BCUT2D eigenvalue weighted by atomic mass is 9.46. The van der Waals surface area contributed by atoms with Gasteiger partial charge in [-0.25, -0.2) is 0 Å². The highest BCUT2D eigenvalue weighted by Crippen LogP contribution is 2.67. The molecule has 0 aromatic heterocycles.